The maximum atomic E-state index is 12.3. The molecular formula is C21H19N3O6S. The van der Waals surface area contributed by atoms with Crippen molar-refractivity contribution in [2.24, 2.45) is 0 Å². The number of carbonyl (C=O) groups is 3. The van der Waals surface area contributed by atoms with Crippen LogP contribution in [0.25, 0.3) is 0 Å². The Balaban J connectivity index is 1.51. The first-order valence-corrected chi connectivity index (χ1v) is 10.3. The lowest BCUT2D eigenvalue weighted by atomic mass is 10.2. The van der Waals surface area contributed by atoms with Gasteiger partial charge in [-0.25, -0.2) is 4.79 Å². The number of thioether (sulfide) groups is 1. The van der Waals surface area contributed by atoms with Crippen molar-refractivity contribution >= 4 is 35.2 Å². The lowest BCUT2D eigenvalue weighted by molar-refractivity contribution is -0.124. The lowest BCUT2D eigenvalue weighted by Crippen LogP contribution is -2.29. The molecule has 10 heteroatoms. The number of hydrogen-bond donors (Lipinski definition) is 2. The molecule has 2 aromatic rings. The van der Waals surface area contributed by atoms with Crippen molar-refractivity contribution in [2.45, 2.75) is 11.3 Å². The Morgan fingerprint density at radius 3 is 2.74 bits per heavy atom. The molecule has 0 atom stereocenters. The highest BCUT2D eigenvalue weighted by molar-refractivity contribution is 8.00. The normalized spacial score (nSPS) is 11.3. The Morgan fingerprint density at radius 2 is 1.90 bits per heavy atom. The minimum absolute atomic E-state index is 0.0629. The molecule has 0 bridgehead atoms. The molecule has 1 aliphatic heterocycles. The average molecular weight is 441 g/mol. The second kappa shape index (κ2) is 10.9. The standard InChI is InChI=1S/C21H19N3O6S/c22-8-3-9-23-19(25)11-28-21(27)15-4-1-2-5-18(15)31-12-20(26)24-14-6-7-16-17(10-14)30-13-29-16/h1-2,4-7,10H,3,9,11-13H2,(H,23,25)(H,24,26). The van der Waals surface area contributed by atoms with E-state index in [1.54, 1.807) is 42.5 Å². The monoisotopic (exact) mass is 441 g/mol. The van der Waals surface area contributed by atoms with Crippen LogP contribution in [0.2, 0.25) is 0 Å². The highest BCUT2D eigenvalue weighted by Gasteiger charge is 2.17. The third-order valence-electron chi connectivity index (χ3n) is 4.02. The van der Waals surface area contributed by atoms with E-state index in [0.29, 0.717) is 22.1 Å². The number of esters is 1. The van der Waals surface area contributed by atoms with Crippen LogP contribution in [0.1, 0.15) is 16.8 Å². The molecule has 0 saturated carbocycles. The third kappa shape index (κ3) is 6.38. The van der Waals surface area contributed by atoms with Gasteiger partial charge in [-0.05, 0) is 24.3 Å². The van der Waals surface area contributed by atoms with E-state index < -0.39 is 18.5 Å². The Hall–Kier alpha value is -3.71. The van der Waals surface area contributed by atoms with Crippen molar-refractivity contribution in [3.05, 3.63) is 48.0 Å². The molecule has 1 heterocycles. The minimum Gasteiger partial charge on any atom is -0.454 e. The van der Waals surface area contributed by atoms with E-state index in [-0.39, 0.29) is 37.0 Å². The molecule has 2 aromatic carbocycles. The number of nitriles is 1. The SMILES string of the molecule is N#CCCNC(=O)COC(=O)c1ccccc1SCC(=O)Nc1ccc2c(c1)OCO2. The predicted octanol–water partition coefficient (Wildman–Crippen LogP) is 2.33. The summed E-state index contributed by atoms with van der Waals surface area (Å²) in [6, 6.07) is 13.7. The first-order chi connectivity index (χ1) is 15.1. The van der Waals surface area contributed by atoms with Gasteiger partial charge in [0.2, 0.25) is 12.7 Å². The summed E-state index contributed by atoms with van der Waals surface area (Å²) in [5, 5.41) is 13.7. The lowest BCUT2D eigenvalue weighted by Gasteiger charge is -2.10. The summed E-state index contributed by atoms with van der Waals surface area (Å²) < 4.78 is 15.6. The Bertz CT molecular complexity index is 1020. The van der Waals surface area contributed by atoms with Crippen molar-refractivity contribution < 1.29 is 28.6 Å². The molecule has 9 nitrogen and oxygen atoms in total. The summed E-state index contributed by atoms with van der Waals surface area (Å²) in [6.45, 7) is -0.108. The van der Waals surface area contributed by atoms with Crippen LogP contribution in [0.4, 0.5) is 5.69 Å². The van der Waals surface area contributed by atoms with Gasteiger partial charge >= 0.3 is 5.97 Å². The molecular weight excluding hydrogens is 422 g/mol. The number of hydrogen-bond acceptors (Lipinski definition) is 8. The summed E-state index contributed by atoms with van der Waals surface area (Å²) in [5.74, 6) is -0.169. The number of anilines is 1. The number of benzene rings is 2. The summed E-state index contributed by atoms with van der Waals surface area (Å²) >= 11 is 1.17. The van der Waals surface area contributed by atoms with Crippen molar-refractivity contribution in [1.82, 2.24) is 5.32 Å². The predicted molar refractivity (Wildman–Crippen MR) is 112 cm³/mol. The number of rotatable bonds is 9. The van der Waals surface area contributed by atoms with Crippen molar-refractivity contribution in [2.75, 3.05) is 31.0 Å². The maximum absolute atomic E-state index is 12.3. The number of fused-ring (bicyclic) bond motifs is 1. The van der Waals surface area contributed by atoms with Gasteiger partial charge in [-0.15, -0.1) is 11.8 Å². The quantitative estimate of drug-likeness (QED) is 0.345. The summed E-state index contributed by atoms with van der Waals surface area (Å²) in [4.78, 5) is 36.8. The topological polar surface area (TPSA) is 127 Å². The average Bonchev–Trinajstić information content (AvgIpc) is 3.24. The highest BCUT2D eigenvalue weighted by Crippen LogP contribution is 2.34. The number of nitrogens with one attached hydrogen (secondary N) is 2. The van der Waals surface area contributed by atoms with Gasteiger partial charge in [0.05, 0.1) is 23.8 Å². The first-order valence-electron chi connectivity index (χ1n) is 9.29. The van der Waals surface area contributed by atoms with Crippen LogP contribution in [-0.2, 0) is 14.3 Å². The second-order valence-electron chi connectivity index (χ2n) is 6.24. The zero-order chi connectivity index (χ0) is 22.1. The van der Waals surface area contributed by atoms with Gasteiger partial charge in [-0.1, -0.05) is 12.1 Å². The fourth-order valence-electron chi connectivity index (χ4n) is 2.59. The van der Waals surface area contributed by atoms with Crippen LogP contribution in [0, 0.1) is 11.3 Å². The molecule has 0 unspecified atom stereocenters. The van der Waals surface area contributed by atoms with Gasteiger partial charge in [-0.3, -0.25) is 9.59 Å². The molecule has 0 aromatic heterocycles. The van der Waals surface area contributed by atoms with Crippen LogP contribution in [-0.4, -0.2) is 43.5 Å². The number of amides is 2. The minimum atomic E-state index is -0.672. The van der Waals surface area contributed by atoms with Crippen molar-refractivity contribution in [3.63, 3.8) is 0 Å². The molecule has 0 saturated heterocycles. The second-order valence-corrected chi connectivity index (χ2v) is 7.25. The molecule has 2 N–H and O–H groups in total. The maximum Gasteiger partial charge on any atom is 0.339 e. The molecule has 0 aliphatic carbocycles. The molecule has 0 spiro atoms. The summed E-state index contributed by atoms with van der Waals surface area (Å²) in [6.07, 6.45) is 0.174. The van der Waals surface area contributed by atoms with E-state index in [2.05, 4.69) is 10.6 Å². The highest BCUT2D eigenvalue weighted by atomic mass is 32.2. The smallest absolute Gasteiger partial charge is 0.339 e. The number of ether oxygens (including phenoxy) is 3. The van der Waals surface area contributed by atoms with E-state index in [9.17, 15) is 14.4 Å². The van der Waals surface area contributed by atoms with Crippen LogP contribution in [0.15, 0.2) is 47.4 Å². The van der Waals surface area contributed by atoms with Gasteiger partial charge in [0.25, 0.3) is 5.91 Å². The largest absolute Gasteiger partial charge is 0.454 e. The molecule has 1 aliphatic rings. The van der Waals surface area contributed by atoms with Crippen LogP contribution in [0.3, 0.4) is 0 Å². The first kappa shape index (κ1) is 22.0. The van der Waals surface area contributed by atoms with Gasteiger partial charge in [-0.2, -0.15) is 5.26 Å². The van der Waals surface area contributed by atoms with Gasteiger partial charge < -0.3 is 24.8 Å². The molecule has 31 heavy (non-hydrogen) atoms. The third-order valence-corrected chi connectivity index (χ3v) is 5.09. The van der Waals surface area contributed by atoms with Gasteiger partial charge in [0, 0.05) is 23.2 Å². The number of nitrogens with zero attached hydrogens (tertiary/aromatic N) is 1. The van der Waals surface area contributed by atoms with E-state index in [0.717, 1.165) is 0 Å². The Morgan fingerprint density at radius 1 is 1.10 bits per heavy atom. The molecule has 0 radical (unpaired) electrons. The van der Waals surface area contributed by atoms with Gasteiger partial charge in [0.1, 0.15) is 0 Å². The number of carbonyl (C=O) groups excluding carboxylic acids is 3. The summed E-state index contributed by atoms with van der Waals surface area (Å²) in [7, 11) is 0. The van der Waals surface area contributed by atoms with E-state index in [4.69, 9.17) is 19.5 Å². The van der Waals surface area contributed by atoms with E-state index in [1.807, 2.05) is 6.07 Å². The molecule has 3 rings (SSSR count). The fraction of sp³-hybridized carbons (Fsp3) is 0.238. The molecule has 160 valence electrons. The Kier molecular flexibility index (Phi) is 7.73. The van der Waals surface area contributed by atoms with Crippen molar-refractivity contribution in [3.8, 4) is 17.6 Å². The van der Waals surface area contributed by atoms with Crippen LogP contribution in [0.5, 0.6) is 11.5 Å². The van der Waals surface area contributed by atoms with E-state index in [1.165, 1.54) is 11.8 Å². The zero-order valence-corrected chi connectivity index (χ0v) is 17.2. The van der Waals surface area contributed by atoms with Crippen molar-refractivity contribution in [1.29, 1.82) is 5.26 Å². The summed E-state index contributed by atoms with van der Waals surface area (Å²) in [5.41, 5.74) is 0.832. The van der Waals surface area contributed by atoms with Crippen LogP contribution < -0.4 is 20.1 Å². The molecule has 0 fully saturated rings. The van der Waals surface area contributed by atoms with Gasteiger partial charge in [0.15, 0.2) is 18.1 Å². The van der Waals surface area contributed by atoms with E-state index >= 15 is 0 Å². The fourth-order valence-corrected chi connectivity index (χ4v) is 3.43. The van der Waals surface area contributed by atoms with Crippen LogP contribution >= 0.6 is 11.8 Å². The zero-order valence-electron chi connectivity index (χ0n) is 16.4. The molecule has 2 amide bonds. The Labute approximate surface area is 182 Å².